The number of aromatic amines is 1. The molecule has 1 aliphatic rings. The molecule has 1 aromatic heterocycles. The third-order valence-corrected chi connectivity index (χ3v) is 1.94. The summed E-state index contributed by atoms with van der Waals surface area (Å²) in [7, 11) is 0. The number of carbonyl (C=O) groups excluding carboxylic acids is 1. The van der Waals surface area contributed by atoms with Gasteiger partial charge in [0.25, 0.3) is 0 Å². The molecule has 0 saturated heterocycles. The molecule has 58 valence electrons. The van der Waals surface area contributed by atoms with E-state index >= 15 is 0 Å². The van der Waals surface area contributed by atoms with Crippen molar-refractivity contribution in [2.24, 2.45) is 11.7 Å². The van der Waals surface area contributed by atoms with Gasteiger partial charge in [0.2, 0.25) is 0 Å². The molecule has 0 unspecified atom stereocenters. The molecule has 1 saturated carbocycles. The largest absolute Gasteiger partial charge is 0.342 e. The van der Waals surface area contributed by atoms with Gasteiger partial charge in [-0.05, 0) is 6.42 Å². The molecular weight excluding hydrogens is 142 g/mol. The Morgan fingerprint density at radius 3 is 3.00 bits per heavy atom. The second-order valence-corrected chi connectivity index (χ2v) is 2.84. The third-order valence-electron chi connectivity index (χ3n) is 1.94. The van der Waals surface area contributed by atoms with Crippen molar-refractivity contribution in [3.63, 3.8) is 0 Å². The van der Waals surface area contributed by atoms with Crippen LogP contribution in [0.5, 0.6) is 0 Å². The van der Waals surface area contributed by atoms with Crippen LogP contribution in [-0.2, 0) is 0 Å². The summed E-state index contributed by atoms with van der Waals surface area (Å²) in [6.45, 7) is 0. The molecule has 3 N–H and O–H groups in total. The van der Waals surface area contributed by atoms with Crippen LogP contribution in [0, 0.1) is 5.92 Å². The Bertz CT molecular complexity index is 267. The Hall–Kier alpha value is -1.16. The summed E-state index contributed by atoms with van der Waals surface area (Å²) in [4.78, 5) is 17.9. The lowest BCUT2D eigenvalue weighted by Crippen LogP contribution is -2.10. The van der Waals surface area contributed by atoms with Crippen molar-refractivity contribution in [1.82, 2.24) is 9.97 Å². The van der Waals surface area contributed by atoms with Gasteiger partial charge in [-0.25, -0.2) is 4.98 Å². The van der Waals surface area contributed by atoms with Crippen LogP contribution in [0.1, 0.15) is 16.9 Å². The first-order chi connectivity index (χ1) is 5.29. The average Bonchev–Trinajstić information content (AvgIpc) is 2.56. The molecule has 1 fully saturated rings. The van der Waals surface area contributed by atoms with Crippen molar-refractivity contribution in [1.29, 1.82) is 0 Å². The third kappa shape index (κ3) is 1.05. The Kier molecular flexibility index (Phi) is 1.29. The fourth-order valence-electron chi connectivity index (χ4n) is 1.11. The van der Waals surface area contributed by atoms with Crippen molar-refractivity contribution in [3.05, 3.63) is 18.2 Å². The van der Waals surface area contributed by atoms with Crippen LogP contribution >= 0.6 is 0 Å². The van der Waals surface area contributed by atoms with Gasteiger partial charge in [0.1, 0.15) is 5.69 Å². The first-order valence-corrected chi connectivity index (χ1v) is 3.57. The highest BCUT2D eigenvalue weighted by molar-refractivity contribution is 5.98. The molecule has 1 heterocycles. The summed E-state index contributed by atoms with van der Waals surface area (Å²) in [5.41, 5.74) is 6.09. The van der Waals surface area contributed by atoms with Gasteiger partial charge in [-0.15, -0.1) is 0 Å². The molecule has 2 atom stereocenters. The van der Waals surface area contributed by atoms with Crippen LogP contribution < -0.4 is 5.73 Å². The molecule has 1 aliphatic carbocycles. The van der Waals surface area contributed by atoms with E-state index in [1.54, 1.807) is 0 Å². The van der Waals surface area contributed by atoms with Crippen LogP contribution in [0.4, 0.5) is 0 Å². The topological polar surface area (TPSA) is 71.8 Å². The fraction of sp³-hybridized carbons (Fsp3) is 0.429. The van der Waals surface area contributed by atoms with Crippen LogP contribution in [0.15, 0.2) is 12.5 Å². The van der Waals surface area contributed by atoms with E-state index in [0.29, 0.717) is 5.69 Å². The van der Waals surface area contributed by atoms with Gasteiger partial charge in [-0.2, -0.15) is 0 Å². The average molecular weight is 151 g/mol. The van der Waals surface area contributed by atoms with E-state index in [0.717, 1.165) is 6.42 Å². The van der Waals surface area contributed by atoms with Gasteiger partial charge in [-0.3, -0.25) is 4.79 Å². The van der Waals surface area contributed by atoms with Crippen molar-refractivity contribution in [2.75, 3.05) is 0 Å². The minimum Gasteiger partial charge on any atom is -0.342 e. The first-order valence-electron chi connectivity index (χ1n) is 3.57. The van der Waals surface area contributed by atoms with Crippen LogP contribution in [0.25, 0.3) is 0 Å². The highest BCUT2D eigenvalue weighted by Gasteiger charge is 2.40. The molecule has 0 aromatic carbocycles. The van der Waals surface area contributed by atoms with E-state index in [1.807, 2.05) is 0 Å². The predicted molar refractivity (Wildman–Crippen MR) is 39.0 cm³/mol. The van der Waals surface area contributed by atoms with Crippen molar-refractivity contribution >= 4 is 5.78 Å². The van der Waals surface area contributed by atoms with Gasteiger partial charge >= 0.3 is 0 Å². The van der Waals surface area contributed by atoms with Gasteiger partial charge in [0, 0.05) is 12.0 Å². The molecule has 1 aromatic rings. The van der Waals surface area contributed by atoms with Gasteiger partial charge < -0.3 is 10.7 Å². The van der Waals surface area contributed by atoms with Crippen molar-refractivity contribution < 1.29 is 4.79 Å². The Morgan fingerprint density at radius 1 is 1.82 bits per heavy atom. The quantitative estimate of drug-likeness (QED) is 0.581. The van der Waals surface area contributed by atoms with Crippen LogP contribution in [0.3, 0.4) is 0 Å². The summed E-state index contributed by atoms with van der Waals surface area (Å²) in [5, 5.41) is 0. The second-order valence-electron chi connectivity index (χ2n) is 2.84. The van der Waals surface area contributed by atoms with E-state index in [9.17, 15) is 4.79 Å². The molecule has 4 nitrogen and oxygen atoms in total. The molecule has 11 heavy (non-hydrogen) atoms. The zero-order valence-electron chi connectivity index (χ0n) is 5.95. The Labute approximate surface area is 63.8 Å². The molecular formula is C7H9N3O. The monoisotopic (exact) mass is 151 g/mol. The number of nitrogens with one attached hydrogen (secondary N) is 1. The number of carbonyl (C=O) groups is 1. The summed E-state index contributed by atoms with van der Waals surface area (Å²) in [6.07, 6.45) is 3.85. The highest BCUT2D eigenvalue weighted by Crippen LogP contribution is 2.30. The normalized spacial score (nSPS) is 28.5. The number of H-pyrrole nitrogens is 1. The highest BCUT2D eigenvalue weighted by atomic mass is 16.1. The van der Waals surface area contributed by atoms with E-state index in [-0.39, 0.29) is 17.7 Å². The molecule has 0 aliphatic heterocycles. The maximum absolute atomic E-state index is 11.3. The zero-order valence-corrected chi connectivity index (χ0v) is 5.95. The van der Waals surface area contributed by atoms with Crippen molar-refractivity contribution in [3.8, 4) is 0 Å². The lowest BCUT2D eigenvalue weighted by molar-refractivity contribution is 0.0961. The number of aromatic nitrogens is 2. The van der Waals surface area contributed by atoms with E-state index in [1.165, 1.54) is 12.5 Å². The maximum Gasteiger partial charge on any atom is 0.185 e. The molecule has 4 heteroatoms. The summed E-state index contributed by atoms with van der Waals surface area (Å²) in [6, 6.07) is 0.0748. The smallest absolute Gasteiger partial charge is 0.185 e. The molecule has 0 spiro atoms. The zero-order chi connectivity index (χ0) is 7.84. The van der Waals surface area contributed by atoms with Crippen LogP contribution in [0.2, 0.25) is 0 Å². The minimum atomic E-state index is 0.0375. The number of ketones is 1. The van der Waals surface area contributed by atoms with Gasteiger partial charge in [0.15, 0.2) is 5.78 Å². The van der Waals surface area contributed by atoms with Crippen molar-refractivity contribution in [2.45, 2.75) is 12.5 Å². The molecule has 0 bridgehead atoms. The molecule has 2 rings (SSSR count). The molecule has 0 radical (unpaired) electrons. The Balaban J connectivity index is 2.13. The number of rotatable bonds is 2. The van der Waals surface area contributed by atoms with E-state index in [2.05, 4.69) is 9.97 Å². The number of imidazole rings is 1. The summed E-state index contributed by atoms with van der Waals surface area (Å²) in [5.74, 6) is 0.130. The standard InChI is InChI=1S/C7H9N3O/c8-5-1-4(5)7(11)6-2-9-3-10-6/h2-5H,1,8H2,(H,9,10)/t4-,5+/m0/s1. The number of nitrogens with zero attached hydrogens (tertiary/aromatic N) is 1. The lowest BCUT2D eigenvalue weighted by atomic mass is 10.2. The van der Waals surface area contributed by atoms with Gasteiger partial charge in [0.05, 0.1) is 12.5 Å². The minimum absolute atomic E-state index is 0.0375. The summed E-state index contributed by atoms with van der Waals surface area (Å²) >= 11 is 0. The first kappa shape index (κ1) is 6.54. The SMILES string of the molecule is N[C@@H]1C[C@@H]1C(=O)c1cnc[nH]1. The predicted octanol–water partition coefficient (Wildman–Crippen LogP) is -0.0604. The lowest BCUT2D eigenvalue weighted by Gasteiger charge is -1.91. The van der Waals surface area contributed by atoms with Gasteiger partial charge in [-0.1, -0.05) is 0 Å². The number of nitrogens with two attached hydrogens (primary N) is 1. The maximum atomic E-state index is 11.3. The molecule has 0 amide bonds. The summed E-state index contributed by atoms with van der Waals surface area (Å²) < 4.78 is 0. The second kappa shape index (κ2) is 2.17. The number of hydrogen-bond acceptors (Lipinski definition) is 3. The number of hydrogen-bond donors (Lipinski definition) is 2. The van der Waals surface area contributed by atoms with E-state index in [4.69, 9.17) is 5.73 Å². The number of Topliss-reactive ketones (excluding diaryl/α,β-unsaturated/α-hetero) is 1. The van der Waals surface area contributed by atoms with E-state index < -0.39 is 0 Å². The fourth-order valence-corrected chi connectivity index (χ4v) is 1.11. The Morgan fingerprint density at radius 2 is 2.55 bits per heavy atom. The van der Waals surface area contributed by atoms with Crippen LogP contribution in [-0.4, -0.2) is 21.8 Å².